The predicted molar refractivity (Wildman–Crippen MR) is 87.2 cm³/mol. The van der Waals surface area contributed by atoms with Crippen LogP contribution in [0.4, 0.5) is 13.2 Å². The highest BCUT2D eigenvalue weighted by Gasteiger charge is 2.36. The van der Waals surface area contributed by atoms with Gasteiger partial charge in [-0.2, -0.15) is 13.2 Å². The number of nitrogens with one attached hydrogen (secondary N) is 1. The number of hydrogen-bond acceptors (Lipinski definition) is 3. The summed E-state index contributed by atoms with van der Waals surface area (Å²) >= 11 is 5.75. The van der Waals surface area contributed by atoms with Crippen LogP contribution in [0.5, 0.6) is 0 Å². The normalized spacial score (nSPS) is 17.6. The van der Waals surface area contributed by atoms with E-state index in [0.29, 0.717) is 25.9 Å². The van der Waals surface area contributed by atoms with Gasteiger partial charge in [-0.25, -0.2) is 0 Å². The smallest absolute Gasteiger partial charge is 0.396 e. The number of aliphatic hydroxyl groups excluding tert-OH is 1. The Morgan fingerprint density at radius 2 is 1.91 bits per heavy atom. The van der Waals surface area contributed by atoms with Crippen LogP contribution in [0.25, 0.3) is 0 Å². The van der Waals surface area contributed by atoms with Gasteiger partial charge in [0.15, 0.2) is 0 Å². The molecule has 1 aromatic carbocycles. The highest BCUT2D eigenvalue weighted by atomic mass is 35.5. The Labute approximate surface area is 145 Å². The number of alkyl halides is 3. The van der Waals surface area contributed by atoms with Crippen LogP contribution in [0.3, 0.4) is 0 Å². The van der Waals surface area contributed by atoms with Crippen LogP contribution >= 0.6 is 24.0 Å². The van der Waals surface area contributed by atoms with Gasteiger partial charge >= 0.3 is 6.18 Å². The first-order chi connectivity index (χ1) is 10.4. The topological polar surface area (TPSA) is 35.5 Å². The summed E-state index contributed by atoms with van der Waals surface area (Å²) in [6.45, 7) is 2.86. The zero-order chi connectivity index (χ0) is 16.2. The summed E-state index contributed by atoms with van der Waals surface area (Å²) in [5.41, 5.74) is -0.436. The van der Waals surface area contributed by atoms with Gasteiger partial charge in [-0.3, -0.25) is 4.90 Å². The largest absolute Gasteiger partial charge is 0.416 e. The van der Waals surface area contributed by atoms with Crippen molar-refractivity contribution in [2.75, 3.05) is 32.8 Å². The van der Waals surface area contributed by atoms with E-state index >= 15 is 0 Å². The first kappa shape index (κ1) is 20.5. The number of aliphatic hydroxyl groups is 1. The van der Waals surface area contributed by atoms with Gasteiger partial charge in [-0.05, 0) is 30.5 Å². The zero-order valence-electron chi connectivity index (χ0n) is 12.6. The van der Waals surface area contributed by atoms with Crippen LogP contribution in [-0.4, -0.2) is 42.8 Å². The van der Waals surface area contributed by atoms with E-state index in [1.165, 1.54) is 12.1 Å². The molecule has 1 fully saturated rings. The van der Waals surface area contributed by atoms with E-state index in [0.717, 1.165) is 19.2 Å². The van der Waals surface area contributed by atoms with Crippen molar-refractivity contribution < 1.29 is 18.3 Å². The van der Waals surface area contributed by atoms with Crippen LogP contribution in [-0.2, 0) is 6.18 Å². The maximum Gasteiger partial charge on any atom is 0.416 e. The molecule has 1 aliphatic heterocycles. The molecule has 3 nitrogen and oxygen atoms in total. The fourth-order valence-corrected chi connectivity index (χ4v) is 3.05. The monoisotopic (exact) mass is 372 g/mol. The lowest BCUT2D eigenvalue weighted by Gasteiger charge is -2.36. The molecule has 0 aliphatic carbocycles. The minimum Gasteiger partial charge on any atom is -0.396 e. The second kappa shape index (κ2) is 9.08. The lowest BCUT2D eigenvalue weighted by Crippen LogP contribution is -2.45. The number of rotatable bonds is 5. The molecule has 2 rings (SSSR count). The van der Waals surface area contributed by atoms with Gasteiger partial charge in [-0.1, -0.05) is 17.7 Å². The molecule has 8 heteroatoms. The van der Waals surface area contributed by atoms with Crippen molar-refractivity contribution in [3.05, 3.63) is 34.3 Å². The fraction of sp³-hybridized carbons (Fsp3) is 0.600. The second-order valence-corrected chi connectivity index (χ2v) is 5.83. The molecule has 1 saturated heterocycles. The van der Waals surface area contributed by atoms with Gasteiger partial charge in [-0.15, -0.1) is 12.4 Å². The van der Waals surface area contributed by atoms with E-state index in [9.17, 15) is 13.2 Å². The summed E-state index contributed by atoms with van der Waals surface area (Å²) in [6.07, 6.45) is -3.48. The lowest BCUT2D eigenvalue weighted by molar-refractivity contribution is -0.138. The Kier molecular flexibility index (Phi) is 8.10. The Morgan fingerprint density at radius 3 is 2.48 bits per heavy atom. The average molecular weight is 373 g/mol. The molecule has 2 N–H and O–H groups in total. The summed E-state index contributed by atoms with van der Waals surface area (Å²) in [7, 11) is 0. The minimum absolute atomic E-state index is 0. The summed E-state index contributed by atoms with van der Waals surface area (Å²) in [6, 6.07) is 3.60. The van der Waals surface area contributed by atoms with Gasteiger partial charge in [0.05, 0.1) is 5.56 Å². The molecule has 0 bridgehead atoms. The Bertz CT molecular complexity index is 494. The minimum atomic E-state index is -4.44. The first-order valence-corrected chi connectivity index (χ1v) is 7.73. The van der Waals surface area contributed by atoms with Crippen molar-refractivity contribution in [3.63, 3.8) is 0 Å². The average Bonchev–Trinajstić information content (AvgIpc) is 2.49. The number of hydrogen-bond donors (Lipinski definition) is 2. The molecule has 0 saturated carbocycles. The summed E-state index contributed by atoms with van der Waals surface area (Å²) in [5.74, 6) is 0. The summed E-state index contributed by atoms with van der Waals surface area (Å²) < 4.78 is 40.0. The Morgan fingerprint density at radius 1 is 1.26 bits per heavy atom. The molecule has 0 aromatic heterocycles. The molecule has 23 heavy (non-hydrogen) atoms. The molecule has 0 unspecified atom stereocenters. The van der Waals surface area contributed by atoms with Crippen LogP contribution in [0.1, 0.15) is 30.0 Å². The number of nitrogens with zero attached hydrogens (tertiary/aromatic N) is 1. The zero-order valence-corrected chi connectivity index (χ0v) is 14.1. The maximum absolute atomic E-state index is 13.3. The van der Waals surface area contributed by atoms with Crippen LogP contribution in [0.15, 0.2) is 18.2 Å². The van der Waals surface area contributed by atoms with Gasteiger partial charge in [0.1, 0.15) is 0 Å². The van der Waals surface area contributed by atoms with Gasteiger partial charge in [0, 0.05) is 43.9 Å². The Hall–Kier alpha value is -0.530. The number of halogens is 5. The van der Waals surface area contributed by atoms with E-state index in [2.05, 4.69) is 5.32 Å². The number of benzene rings is 1. The van der Waals surface area contributed by atoms with Gasteiger partial charge in [0.25, 0.3) is 0 Å². The van der Waals surface area contributed by atoms with Crippen molar-refractivity contribution in [1.29, 1.82) is 0 Å². The maximum atomic E-state index is 13.3. The summed E-state index contributed by atoms with van der Waals surface area (Å²) in [4.78, 5) is 2.05. The standard InChI is InChI=1S/C15H20ClF3N2O.ClH/c16-11-3-4-12(13(10-11)15(17,18)19)14(2-1-9-22)21-7-5-20-6-8-21;/h3-4,10,14,20,22H,1-2,5-9H2;1H/t14-;/m1./s1. The van der Waals surface area contributed by atoms with Crippen molar-refractivity contribution >= 4 is 24.0 Å². The van der Waals surface area contributed by atoms with Gasteiger partial charge < -0.3 is 10.4 Å². The summed E-state index contributed by atoms with van der Waals surface area (Å²) in [5, 5.41) is 12.3. The van der Waals surface area contributed by atoms with E-state index in [-0.39, 0.29) is 35.6 Å². The van der Waals surface area contributed by atoms with E-state index in [4.69, 9.17) is 16.7 Å². The van der Waals surface area contributed by atoms with Crippen molar-refractivity contribution in [2.24, 2.45) is 0 Å². The highest BCUT2D eigenvalue weighted by Crippen LogP contribution is 2.39. The van der Waals surface area contributed by atoms with E-state index < -0.39 is 11.7 Å². The molecular weight excluding hydrogens is 352 g/mol. The predicted octanol–water partition coefficient (Wildman–Crippen LogP) is 3.50. The van der Waals surface area contributed by atoms with Gasteiger partial charge in [0.2, 0.25) is 0 Å². The lowest BCUT2D eigenvalue weighted by atomic mass is 9.94. The molecule has 1 aromatic rings. The van der Waals surface area contributed by atoms with E-state index in [1.807, 2.05) is 4.90 Å². The molecule has 1 atom stereocenters. The number of piperazine rings is 1. The molecule has 1 aliphatic rings. The second-order valence-electron chi connectivity index (χ2n) is 5.40. The molecule has 0 amide bonds. The molecular formula is C15H21Cl2F3N2O. The highest BCUT2D eigenvalue weighted by molar-refractivity contribution is 6.30. The molecule has 0 spiro atoms. The third-order valence-electron chi connectivity index (χ3n) is 3.91. The quantitative estimate of drug-likeness (QED) is 0.830. The Balaban J connectivity index is 0.00000264. The van der Waals surface area contributed by atoms with Crippen LogP contribution in [0.2, 0.25) is 5.02 Å². The third-order valence-corrected chi connectivity index (χ3v) is 4.14. The third kappa shape index (κ3) is 5.50. The molecule has 1 heterocycles. The SMILES string of the molecule is Cl.OCCC[C@H](c1ccc(Cl)cc1C(F)(F)F)N1CCNCC1. The fourth-order valence-electron chi connectivity index (χ4n) is 2.88. The van der Waals surface area contributed by atoms with Crippen molar-refractivity contribution in [2.45, 2.75) is 25.1 Å². The van der Waals surface area contributed by atoms with Crippen molar-refractivity contribution in [1.82, 2.24) is 10.2 Å². The van der Waals surface area contributed by atoms with E-state index in [1.54, 1.807) is 0 Å². The molecule has 0 radical (unpaired) electrons. The van der Waals surface area contributed by atoms with Crippen LogP contribution in [0, 0.1) is 0 Å². The first-order valence-electron chi connectivity index (χ1n) is 7.35. The molecule has 132 valence electrons. The van der Waals surface area contributed by atoms with Crippen molar-refractivity contribution in [3.8, 4) is 0 Å². The van der Waals surface area contributed by atoms with Crippen LogP contribution < -0.4 is 5.32 Å².